The van der Waals surface area contributed by atoms with Gasteiger partial charge in [0.05, 0.1) is 22.8 Å². The van der Waals surface area contributed by atoms with Gasteiger partial charge in [-0.1, -0.05) is 23.9 Å². The summed E-state index contributed by atoms with van der Waals surface area (Å²) in [4.78, 5) is 32.1. The molecule has 0 fully saturated rings. The minimum atomic E-state index is -0.306. The average molecular weight is 406 g/mol. The van der Waals surface area contributed by atoms with Gasteiger partial charge in [0.1, 0.15) is 0 Å². The molecule has 154 valence electrons. The molecule has 28 heavy (non-hydrogen) atoms. The molecule has 0 saturated carbocycles. The monoisotopic (exact) mass is 405 g/mol. The second kappa shape index (κ2) is 10.1. The number of para-hydroxylation sites is 1. The first-order chi connectivity index (χ1) is 13.2. The molecule has 1 aromatic carbocycles. The van der Waals surface area contributed by atoms with Crippen LogP contribution in [-0.4, -0.2) is 50.9 Å². The van der Waals surface area contributed by atoms with Crippen molar-refractivity contribution in [3.05, 3.63) is 34.6 Å². The van der Waals surface area contributed by atoms with Crippen LogP contribution in [0.2, 0.25) is 0 Å². The smallest absolute Gasteiger partial charge is 0.316 e. The van der Waals surface area contributed by atoms with Crippen LogP contribution in [0.1, 0.15) is 41.5 Å². The van der Waals surface area contributed by atoms with E-state index < -0.39 is 0 Å². The van der Waals surface area contributed by atoms with Gasteiger partial charge in [0, 0.05) is 25.2 Å². The standard InChI is InChI=1S/C21H31N3O3S/c1-14(2)23(15(3)4)11-12-24-20(26)17-9-7-8-10-18(17)22-21(24)28-13-19(25)27-16(5)6/h7-10,14-16H,11-13H2,1-6H3. The number of carbonyl (C=O) groups is 1. The van der Waals surface area contributed by atoms with Crippen molar-refractivity contribution in [3.63, 3.8) is 0 Å². The maximum atomic E-state index is 13.1. The lowest BCUT2D eigenvalue weighted by Gasteiger charge is -2.30. The highest BCUT2D eigenvalue weighted by atomic mass is 32.2. The van der Waals surface area contributed by atoms with Gasteiger partial charge in [-0.05, 0) is 53.7 Å². The fourth-order valence-electron chi connectivity index (χ4n) is 3.20. The molecule has 0 N–H and O–H groups in total. The summed E-state index contributed by atoms with van der Waals surface area (Å²) in [5, 5.41) is 1.15. The summed E-state index contributed by atoms with van der Waals surface area (Å²) >= 11 is 1.25. The van der Waals surface area contributed by atoms with Crippen LogP contribution in [0.4, 0.5) is 0 Å². The summed E-state index contributed by atoms with van der Waals surface area (Å²) < 4.78 is 6.90. The molecule has 0 aliphatic heterocycles. The van der Waals surface area contributed by atoms with Gasteiger partial charge in [0.25, 0.3) is 5.56 Å². The van der Waals surface area contributed by atoms with E-state index in [1.165, 1.54) is 11.8 Å². The van der Waals surface area contributed by atoms with Crippen LogP contribution in [-0.2, 0) is 16.1 Å². The van der Waals surface area contributed by atoms with E-state index in [-0.39, 0.29) is 23.4 Å². The summed E-state index contributed by atoms with van der Waals surface area (Å²) in [6, 6.07) is 8.08. The number of rotatable bonds is 9. The molecule has 7 heteroatoms. The molecule has 0 atom stereocenters. The fraction of sp³-hybridized carbons (Fsp3) is 0.571. The molecule has 0 bridgehead atoms. The number of fused-ring (bicyclic) bond motifs is 1. The van der Waals surface area contributed by atoms with Crippen LogP contribution in [0.15, 0.2) is 34.2 Å². The third-order valence-electron chi connectivity index (χ3n) is 4.42. The van der Waals surface area contributed by atoms with Crippen molar-refractivity contribution >= 4 is 28.6 Å². The van der Waals surface area contributed by atoms with Crippen LogP contribution < -0.4 is 5.56 Å². The first-order valence-electron chi connectivity index (χ1n) is 9.78. The Morgan fingerprint density at radius 2 is 1.79 bits per heavy atom. The zero-order valence-electron chi connectivity index (χ0n) is 17.6. The van der Waals surface area contributed by atoms with Crippen molar-refractivity contribution in [2.24, 2.45) is 0 Å². The molecule has 0 aliphatic rings. The number of hydrogen-bond donors (Lipinski definition) is 0. The van der Waals surface area contributed by atoms with Crippen molar-refractivity contribution in [2.45, 2.75) is 71.4 Å². The van der Waals surface area contributed by atoms with Gasteiger partial charge in [0.2, 0.25) is 0 Å². The van der Waals surface area contributed by atoms with E-state index in [1.54, 1.807) is 10.6 Å². The topological polar surface area (TPSA) is 64.4 Å². The van der Waals surface area contributed by atoms with Crippen LogP contribution in [0.25, 0.3) is 10.9 Å². The third kappa shape index (κ3) is 5.82. The highest BCUT2D eigenvalue weighted by molar-refractivity contribution is 7.99. The van der Waals surface area contributed by atoms with Crippen LogP contribution in [0.5, 0.6) is 0 Å². The first-order valence-corrected chi connectivity index (χ1v) is 10.8. The van der Waals surface area contributed by atoms with Gasteiger partial charge < -0.3 is 4.74 Å². The molecule has 2 rings (SSSR count). The summed E-state index contributed by atoms with van der Waals surface area (Å²) in [5.41, 5.74) is 0.575. The molecule has 0 saturated heterocycles. The summed E-state index contributed by atoms with van der Waals surface area (Å²) in [5.74, 6) is -0.180. The number of aromatic nitrogens is 2. The Morgan fingerprint density at radius 3 is 2.39 bits per heavy atom. The Kier molecular flexibility index (Phi) is 8.07. The number of nitrogens with zero attached hydrogens (tertiary/aromatic N) is 3. The minimum Gasteiger partial charge on any atom is -0.462 e. The minimum absolute atomic E-state index is 0.0715. The van der Waals surface area contributed by atoms with Crippen LogP contribution >= 0.6 is 11.8 Å². The molecule has 0 unspecified atom stereocenters. The summed E-state index contributed by atoms with van der Waals surface area (Å²) in [6.07, 6.45) is -0.162. The molecule has 6 nitrogen and oxygen atoms in total. The molecule has 0 aliphatic carbocycles. The van der Waals surface area contributed by atoms with Gasteiger partial charge in [-0.2, -0.15) is 0 Å². The fourth-order valence-corrected chi connectivity index (χ4v) is 4.01. The van der Waals surface area contributed by atoms with Gasteiger partial charge in [-0.15, -0.1) is 0 Å². The van der Waals surface area contributed by atoms with E-state index in [2.05, 4.69) is 37.6 Å². The lowest BCUT2D eigenvalue weighted by atomic mass is 10.2. The van der Waals surface area contributed by atoms with Gasteiger partial charge >= 0.3 is 5.97 Å². The molecule has 0 amide bonds. The largest absolute Gasteiger partial charge is 0.462 e. The zero-order valence-corrected chi connectivity index (χ0v) is 18.5. The molecule has 2 aromatic rings. The molecule has 0 radical (unpaired) electrons. The molecule has 1 heterocycles. The molecular weight excluding hydrogens is 374 g/mol. The first kappa shape index (κ1) is 22.4. The maximum absolute atomic E-state index is 13.1. The normalized spacial score (nSPS) is 11.9. The SMILES string of the molecule is CC(C)OC(=O)CSc1nc2ccccc2c(=O)n1CCN(C(C)C)C(C)C. The van der Waals surface area contributed by atoms with Gasteiger partial charge in [-0.25, -0.2) is 4.98 Å². The van der Waals surface area contributed by atoms with Crippen LogP contribution in [0.3, 0.4) is 0 Å². The van der Waals surface area contributed by atoms with E-state index in [1.807, 2.05) is 32.0 Å². The number of ether oxygens (including phenoxy) is 1. The Balaban J connectivity index is 2.33. The van der Waals surface area contributed by atoms with Crippen LogP contribution in [0, 0.1) is 0 Å². The van der Waals surface area contributed by atoms with E-state index in [9.17, 15) is 9.59 Å². The Morgan fingerprint density at radius 1 is 1.14 bits per heavy atom. The van der Waals surface area contributed by atoms with E-state index >= 15 is 0 Å². The number of esters is 1. The average Bonchev–Trinajstić information content (AvgIpc) is 2.61. The number of hydrogen-bond acceptors (Lipinski definition) is 6. The maximum Gasteiger partial charge on any atom is 0.316 e. The highest BCUT2D eigenvalue weighted by Gasteiger charge is 2.17. The van der Waals surface area contributed by atoms with Crippen molar-refractivity contribution in [2.75, 3.05) is 12.3 Å². The van der Waals surface area contributed by atoms with Crippen molar-refractivity contribution < 1.29 is 9.53 Å². The van der Waals surface area contributed by atoms with Gasteiger partial charge in [-0.3, -0.25) is 19.1 Å². The van der Waals surface area contributed by atoms with E-state index in [0.29, 0.717) is 34.7 Å². The number of carbonyl (C=O) groups excluding carboxylic acids is 1. The molecule has 0 spiro atoms. The second-order valence-corrected chi connectivity index (χ2v) is 8.56. The predicted octanol–water partition coefficient (Wildman–Crippen LogP) is 3.56. The van der Waals surface area contributed by atoms with E-state index in [4.69, 9.17) is 4.74 Å². The van der Waals surface area contributed by atoms with E-state index in [0.717, 1.165) is 6.54 Å². The van der Waals surface area contributed by atoms with Gasteiger partial charge in [0.15, 0.2) is 5.16 Å². The summed E-state index contributed by atoms with van der Waals surface area (Å²) in [7, 11) is 0. The quantitative estimate of drug-likeness (QED) is 0.361. The molecular formula is C21H31N3O3S. The van der Waals surface area contributed by atoms with Crippen molar-refractivity contribution in [1.29, 1.82) is 0 Å². The Hall–Kier alpha value is -1.86. The zero-order chi connectivity index (χ0) is 20.8. The highest BCUT2D eigenvalue weighted by Crippen LogP contribution is 2.19. The lowest BCUT2D eigenvalue weighted by molar-refractivity contribution is -0.144. The predicted molar refractivity (Wildman–Crippen MR) is 115 cm³/mol. The number of thioether (sulfide) groups is 1. The van der Waals surface area contributed by atoms with Crippen molar-refractivity contribution in [3.8, 4) is 0 Å². The second-order valence-electron chi connectivity index (χ2n) is 7.62. The lowest BCUT2D eigenvalue weighted by Crippen LogP contribution is -2.40. The third-order valence-corrected chi connectivity index (χ3v) is 5.37. The number of benzene rings is 1. The molecule has 1 aromatic heterocycles. The van der Waals surface area contributed by atoms with Crippen molar-refractivity contribution in [1.82, 2.24) is 14.5 Å². The summed E-state index contributed by atoms with van der Waals surface area (Å²) in [6.45, 7) is 13.5. The Labute approximate surface area is 171 Å². The Bertz CT molecular complexity index is 854.